The molecular weight excluding hydrogens is 402 g/mol. The second-order valence-electron chi connectivity index (χ2n) is 8.40. The molecule has 2 aromatic heterocycles. The molecule has 0 aliphatic carbocycles. The Morgan fingerprint density at radius 3 is 2.62 bits per heavy atom. The number of hydrogen-bond acceptors (Lipinski definition) is 3. The van der Waals surface area contributed by atoms with Crippen molar-refractivity contribution in [3.63, 3.8) is 0 Å². The molecule has 1 unspecified atom stereocenters. The Labute approximate surface area is 186 Å². The maximum absolute atomic E-state index is 13.6. The summed E-state index contributed by atoms with van der Waals surface area (Å²) >= 11 is 0. The van der Waals surface area contributed by atoms with Crippen molar-refractivity contribution in [3.05, 3.63) is 96.1 Å². The summed E-state index contributed by atoms with van der Waals surface area (Å²) in [5.74, 6) is 0.477. The third kappa shape index (κ3) is 3.47. The third-order valence-electron chi connectivity index (χ3n) is 6.28. The van der Waals surface area contributed by atoms with Crippen molar-refractivity contribution in [3.8, 4) is 0 Å². The highest BCUT2D eigenvalue weighted by Gasteiger charge is 2.47. The molecule has 2 aromatic carbocycles. The van der Waals surface area contributed by atoms with E-state index in [1.807, 2.05) is 84.3 Å². The molecule has 32 heavy (non-hydrogen) atoms. The average Bonchev–Trinajstić information content (AvgIpc) is 3.46. The standard InChI is InChI=1S/C26H25N3O3/c1-26(25(31)27-17-19-8-3-2-4-9-19)18-28-22-12-6-5-10-20(22)16-23(28)24(30)29(26)14-13-21-11-7-15-32-21/h2-12,15-16H,13-14,17-18H2,1H3,(H,27,31). The number of carbonyl (C=O) groups excluding carboxylic acids is 2. The van der Waals surface area contributed by atoms with Crippen LogP contribution in [0.4, 0.5) is 0 Å². The molecule has 1 atom stereocenters. The number of amides is 2. The minimum atomic E-state index is -1.03. The summed E-state index contributed by atoms with van der Waals surface area (Å²) in [5.41, 5.74) is 1.55. The number of carbonyl (C=O) groups is 2. The van der Waals surface area contributed by atoms with E-state index in [0.717, 1.165) is 22.2 Å². The van der Waals surface area contributed by atoms with Crippen LogP contribution in [0.15, 0.2) is 83.5 Å². The van der Waals surface area contributed by atoms with Gasteiger partial charge in [0, 0.05) is 30.4 Å². The number of fused-ring (bicyclic) bond motifs is 3. The van der Waals surface area contributed by atoms with Gasteiger partial charge in [-0.1, -0.05) is 48.5 Å². The molecule has 4 aromatic rings. The van der Waals surface area contributed by atoms with Gasteiger partial charge >= 0.3 is 0 Å². The number of hydrogen-bond donors (Lipinski definition) is 1. The Bertz CT molecular complexity index is 1260. The van der Waals surface area contributed by atoms with E-state index < -0.39 is 5.54 Å². The van der Waals surface area contributed by atoms with Crippen molar-refractivity contribution in [2.75, 3.05) is 6.54 Å². The van der Waals surface area contributed by atoms with E-state index in [9.17, 15) is 9.59 Å². The van der Waals surface area contributed by atoms with Gasteiger partial charge in [-0.15, -0.1) is 0 Å². The first-order chi connectivity index (χ1) is 15.6. The molecule has 0 saturated heterocycles. The van der Waals surface area contributed by atoms with Crippen molar-refractivity contribution >= 4 is 22.7 Å². The van der Waals surface area contributed by atoms with E-state index in [0.29, 0.717) is 31.7 Å². The smallest absolute Gasteiger partial charge is 0.271 e. The van der Waals surface area contributed by atoms with Gasteiger partial charge < -0.3 is 19.2 Å². The minimum Gasteiger partial charge on any atom is -0.469 e. The summed E-state index contributed by atoms with van der Waals surface area (Å²) < 4.78 is 7.44. The van der Waals surface area contributed by atoms with Crippen LogP contribution in [0.2, 0.25) is 0 Å². The number of aromatic nitrogens is 1. The van der Waals surface area contributed by atoms with Gasteiger partial charge in [-0.3, -0.25) is 9.59 Å². The van der Waals surface area contributed by atoms with Crippen LogP contribution in [-0.2, 0) is 24.3 Å². The van der Waals surface area contributed by atoms with Crippen molar-refractivity contribution in [2.24, 2.45) is 0 Å². The van der Waals surface area contributed by atoms with E-state index in [1.54, 1.807) is 11.2 Å². The van der Waals surface area contributed by atoms with Gasteiger partial charge in [-0.2, -0.15) is 0 Å². The van der Waals surface area contributed by atoms with E-state index >= 15 is 0 Å². The summed E-state index contributed by atoms with van der Waals surface area (Å²) in [5, 5.41) is 4.05. The van der Waals surface area contributed by atoms with Crippen LogP contribution >= 0.6 is 0 Å². The molecule has 1 N–H and O–H groups in total. The van der Waals surface area contributed by atoms with Gasteiger partial charge in [-0.25, -0.2) is 0 Å². The maximum atomic E-state index is 13.6. The Hall–Kier alpha value is -3.80. The van der Waals surface area contributed by atoms with Crippen molar-refractivity contribution in [1.29, 1.82) is 0 Å². The lowest BCUT2D eigenvalue weighted by molar-refractivity contribution is -0.133. The molecule has 0 radical (unpaired) electrons. The Morgan fingerprint density at radius 1 is 1.06 bits per heavy atom. The second-order valence-corrected chi connectivity index (χ2v) is 8.40. The quantitative estimate of drug-likeness (QED) is 0.506. The maximum Gasteiger partial charge on any atom is 0.271 e. The molecule has 0 spiro atoms. The van der Waals surface area contributed by atoms with E-state index in [2.05, 4.69) is 5.32 Å². The molecule has 3 heterocycles. The Kier molecular flexibility index (Phi) is 5.05. The van der Waals surface area contributed by atoms with E-state index in [1.165, 1.54) is 0 Å². The monoisotopic (exact) mass is 427 g/mol. The van der Waals surface area contributed by atoms with Crippen LogP contribution in [0.3, 0.4) is 0 Å². The molecule has 0 saturated carbocycles. The zero-order chi connectivity index (χ0) is 22.1. The van der Waals surface area contributed by atoms with Gasteiger partial charge in [0.2, 0.25) is 5.91 Å². The Balaban J connectivity index is 1.49. The van der Waals surface area contributed by atoms with Crippen LogP contribution in [-0.4, -0.2) is 33.4 Å². The van der Waals surface area contributed by atoms with Gasteiger partial charge in [-0.05, 0) is 36.8 Å². The highest BCUT2D eigenvalue weighted by atomic mass is 16.3. The first kappa shape index (κ1) is 20.1. The summed E-state index contributed by atoms with van der Waals surface area (Å²) in [6.07, 6.45) is 2.16. The highest BCUT2D eigenvalue weighted by Crippen LogP contribution is 2.32. The lowest BCUT2D eigenvalue weighted by atomic mass is 9.94. The van der Waals surface area contributed by atoms with E-state index in [-0.39, 0.29) is 11.8 Å². The molecule has 6 heteroatoms. The average molecular weight is 428 g/mol. The molecule has 162 valence electrons. The zero-order valence-corrected chi connectivity index (χ0v) is 18.0. The topological polar surface area (TPSA) is 67.5 Å². The molecule has 1 aliphatic heterocycles. The minimum absolute atomic E-state index is 0.142. The Morgan fingerprint density at radius 2 is 1.84 bits per heavy atom. The van der Waals surface area contributed by atoms with Gasteiger partial charge in [0.15, 0.2) is 0 Å². The number of benzene rings is 2. The summed E-state index contributed by atoms with van der Waals surface area (Å²) in [6.45, 7) is 3.04. The molecular formula is C26H25N3O3. The number of nitrogens with zero attached hydrogens (tertiary/aromatic N) is 2. The van der Waals surface area contributed by atoms with Crippen LogP contribution in [0.1, 0.15) is 28.7 Å². The molecule has 0 fully saturated rings. The first-order valence-corrected chi connectivity index (χ1v) is 10.8. The number of nitrogens with one attached hydrogen (secondary N) is 1. The van der Waals surface area contributed by atoms with Crippen molar-refractivity contribution < 1.29 is 14.0 Å². The summed E-state index contributed by atoms with van der Waals surface area (Å²) in [7, 11) is 0. The lowest BCUT2D eigenvalue weighted by Crippen LogP contribution is -2.64. The third-order valence-corrected chi connectivity index (χ3v) is 6.28. The SMILES string of the molecule is CC1(C(=O)NCc2ccccc2)Cn2c(cc3ccccc32)C(=O)N1CCc1ccco1. The molecule has 1 aliphatic rings. The number of para-hydroxylation sites is 1. The molecule has 2 amide bonds. The van der Waals surface area contributed by atoms with Crippen molar-refractivity contribution in [1.82, 2.24) is 14.8 Å². The van der Waals surface area contributed by atoms with Crippen molar-refractivity contribution in [2.45, 2.75) is 32.0 Å². The van der Waals surface area contributed by atoms with Gasteiger partial charge in [0.25, 0.3) is 5.91 Å². The zero-order valence-electron chi connectivity index (χ0n) is 18.0. The predicted octanol–water partition coefficient (Wildman–Crippen LogP) is 4.01. The first-order valence-electron chi connectivity index (χ1n) is 10.8. The van der Waals surface area contributed by atoms with Crippen LogP contribution in [0.5, 0.6) is 0 Å². The lowest BCUT2D eigenvalue weighted by Gasteiger charge is -2.44. The number of rotatable bonds is 6. The van der Waals surface area contributed by atoms with Crippen LogP contribution in [0, 0.1) is 0 Å². The molecule has 6 nitrogen and oxygen atoms in total. The largest absolute Gasteiger partial charge is 0.469 e. The van der Waals surface area contributed by atoms with Crippen LogP contribution < -0.4 is 5.32 Å². The van der Waals surface area contributed by atoms with Gasteiger partial charge in [0.1, 0.15) is 17.0 Å². The van der Waals surface area contributed by atoms with Crippen LogP contribution in [0.25, 0.3) is 10.9 Å². The summed E-state index contributed by atoms with van der Waals surface area (Å²) in [4.78, 5) is 28.9. The fraction of sp³-hybridized carbons (Fsp3) is 0.231. The highest BCUT2D eigenvalue weighted by molar-refractivity contribution is 6.03. The fourth-order valence-corrected chi connectivity index (χ4v) is 4.50. The summed E-state index contributed by atoms with van der Waals surface area (Å²) in [6, 6.07) is 23.3. The van der Waals surface area contributed by atoms with Gasteiger partial charge in [0.05, 0.1) is 12.8 Å². The number of furan rings is 1. The fourth-order valence-electron chi connectivity index (χ4n) is 4.50. The molecule has 0 bridgehead atoms. The predicted molar refractivity (Wildman–Crippen MR) is 122 cm³/mol. The van der Waals surface area contributed by atoms with E-state index in [4.69, 9.17) is 4.42 Å². The molecule has 5 rings (SSSR count). The normalized spacial score (nSPS) is 18.0. The second kappa shape index (κ2) is 8.04.